The van der Waals surface area contributed by atoms with Gasteiger partial charge in [0.05, 0.1) is 10.9 Å². The maximum atomic E-state index is 13.1. The molecule has 0 radical (unpaired) electrons. The first-order valence-corrected chi connectivity index (χ1v) is 10.9. The van der Waals surface area contributed by atoms with Crippen LogP contribution in [0.25, 0.3) is 10.9 Å². The minimum absolute atomic E-state index is 0.0752. The van der Waals surface area contributed by atoms with Crippen molar-refractivity contribution in [3.8, 4) is 0 Å². The molecule has 1 aromatic heterocycles. The molecule has 28 heavy (non-hydrogen) atoms. The number of hydrogen-bond donors (Lipinski definition) is 2. The summed E-state index contributed by atoms with van der Waals surface area (Å²) in [6, 6.07) is 14.2. The molecule has 0 saturated carbocycles. The summed E-state index contributed by atoms with van der Waals surface area (Å²) in [6.07, 6.45) is 0.794. The van der Waals surface area contributed by atoms with Gasteiger partial charge in [-0.15, -0.1) is 0 Å². The van der Waals surface area contributed by atoms with Crippen LogP contribution < -0.4 is 4.72 Å². The fourth-order valence-corrected chi connectivity index (χ4v) is 4.96. The van der Waals surface area contributed by atoms with Crippen molar-refractivity contribution < 1.29 is 13.2 Å². The number of sulfonamides is 1. The van der Waals surface area contributed by atoms with Gasteiger partial charge in [-0.2, -0.15) is 0 Å². The van der Waals surface area contributed by atoms with Gasteiger partial charge in [0.2, 0.25) is 10.0 Å². The second-order valence-electron chi connectivity index (χ2n) is 7.01. The molecule has 0 aliphatic carbocycles. The summed E-state index contributed by atoms with van der Waals surface area (Å²) in [6.45, 7) is 4.70. The molecule has 0 bridgehead atoms. The molecule has 1 aliphatic rings. The van der Waals surface area contributed by atoms with Crippen molar-refractivity contribution in [3.05, 3.63) is 65.4 Å². The lowest BCUT2D eigenvalue weighted by molar-refractivity contribution is 0.0674. The minimum atomic E-state index is -3.52. The molecule has 0 unspecified atom stereocenters. The summed E-state index contributed by atoms with van der Waals surface area (Å²) in [7, 11) is -3.52. The van der Waals surface area contributed by atoms with E-state index in [0.29, 0.717) is 18.7 Å². The van der Waals surface area contributed by atoms with Gasteiger partial charge in [0.1, 0.15) is 0 Å². The maximum absolute atomic E-state index is 13.1. The minimum Gasteiger partial charge on any atom is -0.356 e. The summed E-state index contributed by atoms with van der Waals surface area (Å²) < 4.78 is 26.6. The van der Waals surface area contributed by atoms with Crippen molar-refractivity contribution in [1.82, 2.24) is 14.6 Å². The predicted octanol–water partition coefficient (Wildman–Crippen LogP) is 3.23. The van der Waals surface area contributed by atoms with Gasteiger partial charge in [-0.3, -0.25) is 4.79 Å². The van der Waals surface area contributed by atoms with E-state index < -0.39 is 10.0 Å². The highest BCUT2D eigenvalue weighted by Crippen LogP contribution is 2.34. The number of H-pyrrole nitrogens is 1. The Balaban J connectivity index is 1.60. The Bertz CT molecular complexity index is 1130. The number of hydrogen-bond acceptors (Lipinski definition) is 3. The zero-order chi connectivity index (χ0) is 19.9. The Morgan fingerprint density at radius 1 is 1.18 bits per heavy atom. The van der Waals surface area contributed by atoms with Gasteiger partial charge in [-0.05, 0) is 49.2 Å². The fourth-order valence-electron chi connectivity index (χ4n) is 3.92. The summed E-state index contributed by atoms with van der Waals surface area (Å²) in [5.41, 5.74) is 3.93. The molecule has 1 amide bonds. The second-order valence-corrected chi connectivity index (χ2v) is 8.78. The number of nitrogens with one attached hydrogen (secondary N) is 2. The number of carbonyl (C=O) groups is 1. The van der Waals surface area contributed by atoms with Crippen molar-refractivity contribution in [2.45, 2.75) is 31.2 Å². The Kier molecular flexibility index (Phi) is 4.72. The second kappa shape index (κ2) is 7.07. The smallest absolute Gasteiger partial charge is 0.254 e. The van der Waals surface area contributed by atoms with E-state index in [4.69, 9.17) is 0 Å². The Labute approximate surface area is 164 Å². The van der Waals surface area contributed by atoms with Gasteiger partial charge in [0.25, 0.3) is 5.91 Å². The summed E-state index contributed by atoms with van der Waals surface area (Å²) in [4.78, 5) is 18.5. The maximum Gasteiger partial charge on any atom is 0.254 e. The van der Waals surface area contributed by atoms with Crippen LogP contribution in [0, 0.1) is 0 Å². The van der Waals surface area contributed by atoms with E-state index in [0.717, 1.165) is 17.6 Å². The number of carbonyl (C=O) groups excluding carboxylic acids is 1. The van der Waals surface area contributed by atoms with Crippen LogP contribution in [0.5, 0.6) is 0 Å². The summed E-state index contributed by atoms with van der Waals surface area (Å²) in [5.74, 6) is -0.0933. The Morgan fingerprint density at radius 3 is 2.61 bits per heavy atom. The van der Waals surface area contributed by atoms with E-state index in [9.17, 15) is 13.2 Å². The van der Waals surface area contributed by atoms with Gasteiger partial charge in [0.15, 0.2) is 0 Å². The largest absolute Gasteiger partial charge is 0.356 e. The number of aromatic nitrogens is 1. The third-order valence-electron chi connectivity index (χ3n) is 5.34. The molecule has 3 aromatic rings. The summed E-state index contributed by atoms with van der Waals surface area (Å²) >= 11 is 0. The molecular formula is C21H23N3O3S. The molecule has 7 heteroatoms. The van der Waals surface area contributed by atoms with Crippen LogP contribution in [0.2, 0.25) is 0 Å². The number of amides is 1. The highest BCUT2D eigenvalue weighted by molar-refractivity contribution is 7.89. The van der Waals surface area contributed by atoms with Gasteiger partial charge >= 0.3 is 0 Å². The van der Waals surface area contributed by atoms with E-state index in [2.05, 4.69) is 21.8 Å². The van der Waals surface area contributed by atoms with Crippen molar-refractivity contribution in [3.63, 3.8) is 0 Å². The van der Waals surface area contributed by atoms with E-state index in [1.165, 1.54) is 23.1 Å². The van der Waals surface area contributed by atoms with E-state index in [1.807, 2.05) is 24.0 Å². The molecular weight excluding hydrogens is 374 g/mol. The highest BCUT2D eigenvalue weighted by Gasteiger charge is 2.30. The fraction of sp³-hybridized carbons (Fsp3) is 0.286. The monoisotopic (exact) mass is 397 g/mol. The lowest BCUT2D eigenvalue weighted by atomic mass is 9.97. The van der Waals surface area contributed by atoms with Crippen LogP contribution in [-0.4, -0.2) is 37.3 Å². The zero-order valence-corrected chi connectivity index (χ0v) is 16.7. The third kappa shape index (κ3) is 3.10. The van der Waals surface area contributed by atoms with Crippen LogP contribution in [0.1, 0.15) is 41.5 Å². The molecule has 2 N–H and O–H groups in total. The first-order chi connectivity index (χ1) is 13.4. The lowest BCUT2D eigenvalue weighted by Crippen LogP contribution is -2.38. The van der Waals surface area contributed by atoms with Crippen molar-refractivity contribution >= 4 is 26.8 Å². The molecule has 0 saturated heterocycles. The van der Waals surface area contributed by atoms with Crippen molar-refractivity contribution in [2.24, 2.45) is 0 Å². The molecule has 2 aromatic carbocycles. The first-order valence-electron chi connectivity index (χ1n) is 9.42. The lowest BCUT2D eigenvalue weighted by Gasteiger charge is -2.33. The molecule has 0 spiro atoms. The summed E-state index contributed by atoms with van der Waals surface area (Å²) in [5, 5.41) is 1.22. The van der Waals surface area contributed by atoms with Crippen molar-refractivity contribution in [2.75, 3.05) is 13.1 Å². The van der Waals surface area contributed by atoms with Crippen LogP contribution >= 0.6 is 0 Å². The molecule has 0 fully saturated rings. The number of para-hydroxylation sites is 1. The average molecular weight is 398 g/mol. The molecule has 1 aliphatic heterocycles. The highest BCUT2D eigenvalue weighted by atomic mass is 32.2. The molecule has 2 heterocycles. The van der Waals surface area contributed by atoms with Gasteiger partial charge in [-0.1, -0.05) is 25.1 Å². The standard InChI is InChI=1S/C21H23N3O3S/c1-3-22-28(26,27)16-10-8-15(9-11-16)21(25)24-13-12-18-17-6-4-5-7-19(17)23-20(18)14(24)2/h4-11,14,22-23H,3,12-13H2,1-2H3/t14-/m0/s1. The van der Waals surface area contributed by atoms with Gasteiger partial charge in [-0.25, -0.2) is 13.1 Å². The van der Waals surface area contributed by atoms with Crippen molar-refractivity contribution in [1.29, 1.82) is 0 Å². The van der Waals surface area contributed by atoms with E-state index >= 15 is 0 Å². The average Bonchev–Trinajstić information content (AvgIpc) is 3.08. The zero-order valence-electron chi connectivity index (χ0n) is 15.9. The Morgan fingerprint density at radius 2 is 1.89 bits per heavy atom. The normalized spacial score (nSPS) is 16.9. The SMILES string of the molecule is CCNS(=O)(=O)c1ccc(C(=O)N2CCc3c([nH]c4ccccc34)[C@@H]2C)cc1. The number of rotatable bonds is 4. The number of aromatic amines is 1. The first kappa shape index (κ1) is 18.7. The van der Waals surface area contributed by atoms with Crippen LogP contribution in [0.15, 0.2) is 53.4 Å². The molecule has 6 nitrogen and oxygen atoms in total. The quantitative estimate of drug-likeness (QED) is 0.709. The number of fused-ring (bicyclic) bond motifs is 3. The number of benzene rings is 2. The van der Waals surface area contributed by atoms with Crippen LogP contribution in [0.4, 0.5) is 0 Å². The van der Waals surface area contributed by atoms with Gasteiger partial charge < -0.3 is 9.88 Å². The van der Waals surface area contributed by atoms with E-state index in [-0.39, 0.29) is 16.8 Å². The third-order valence-corrected chi connectivity index (χ3v) is 6.90. The topological polar surface area (TPSA) is 82.3 Å². The van der Waals surface area contributed by atoms with Crippen LogP contribution in [-0.2, 0) is 16.4 Å². The Hall–Kier alpha value is -2.64. The molecule has 4 rings (SSSR count). The number of nitrogens with zero attached hydrogens (tertiary/aromatic N) is 1. The van der Waals surface area contributed by atoms with Crippen LogP contribution in [0.3, 0.4) is 0 Å². The van der Waals surface area contributed by atoms with Gasteiger partial charge in [0, 0.05) is 35.2 Å². The molecule has 1 atom stereocenters. The molecule has 146 valence electrons. The van der Waals surface area contributed by atoms with E-state index in [1.54, 1.807) is 19.1 Å². The predicted molar refractivity (Wildman–Crippen MR) is 109 cm³/mol.